The molecule has 114 valence electrons. The van der Waals surface area contributed by atoms with E-state index < -0.39 is 10.0 Å². The maximum Gasteiger partial charge on any atom is 0.249 e. The van der Waals surface area contributed by atoms with Gasteiger partial charge in [-0.05, 0) is 30.3 Å². The predicted molar refractivity (Wildman–Crippen MR) is 82.5 cm³/mol. The van der Waals surface area contributed by atoms with Crippen LogP contribution in [0.15, 0.2) is 4.90 Å². The molecule has 0 aromatic carbocycles. The van der Waals surface area contributed by atoms with E-state index in [1.165, 1.54) is 50.5 Å². The number of aromatic nitrogens is 1. The second kappa shape index (κ2) is 6.28. The highest BCUT2D eigenvalue weighted by molar-refractivity contribution is 7.89. The van der Waals surface area contributed by atoms with Gasteiger partial charge in [0.1, 0.15) is 5.00 Å². The van der Waals surface area contributed by atoms with Gasteiger partial charge in [0.25, 0.3) is 0 Å². The monoisotopic (exact) mass is 318 g/mol. The van der Waals surface area contributed by atoms with Crippen molar-refractivity contribution in [2.45, 2.75) is 37.0 Å². The molecule has 1 aromatic rings. The smallest absolute Gasteiger partial charge is 0.249 e. The van der Waals surface area contributed by atoms with Gasteiger partial charge in [0, 0.05) is 20.6 Å². The molecule has 20 heavy (non-hydrogen) atoms. The van der Waals surface area contributed by atoms with Gasteiger partial charge in [-0.25, -0.2) is 12.7 Å². The molecular weight excluding hydrogens is 296 g/mol. The van der Waals surface area contributed by atoms with E-state index >= 15 is 0 Å². The topological polar surface area (TPSA) is 88.3 Å². The Kier molecular flexibility index (Phi) is 4.87. The van der Waals surface area contributed by atoms with Crippen molar-refractivity contribution in [2.24, 2.45) is 5.92 Å². The zero-order valence-corrected chi connectivity index (χ0v) is 13.6. The lowest BCUT2D eigenvalue weighted by molar-refractivity contribution is 0.373. The third kappa shape index (κ3) is 3.24. The van der Waals surface area contributed by atoms with Gasteiger partial charge < -0.3 is 11.1 Å². The number of hydrogen-bond acceptors (Lipinski definition) is 6. The van der Waals surface area contributed by atoms with Crippen molar-refractivity contribution >= 4 is 32.4 Å². The molecule has 1 aliphatic rings. The second-order valence-electron chi connectivity index (χ2n) is 5.40. The SMILES string of the molecule is CN(C)S(=O)(=O)c1c(N)nsc1NCC1CCCCC1. The van der Waals surface area contributed by atoms with Gasteiger partial charge in [-0.1, -0.05) is 19.3 Å². The standard InChI is InChI=1S/C12H22N4O2S2/c1-16(2)20(17,18)10-11(13)15-19-12(10)14-8-9-6-4-3-5-7-9/h9,14H,3-8H2,1-2H3,(H2,13,15). The summed E-state index contributed by atoms with van der Waals surface area (Å²) in [6.45, 7) is 0.789. The average Bonchev–Trinajstić information content (AvgIpc) is 2.79. The molecule has 2 rings (SSSR count). The number of hydrogen-bond donors (Lipinski definition) is 2. The fraction of sp³-hybridized carbons (Fsp3) is 0.750. The minimum absolute atomic E-state index is 0.0786. The normalized spacial score (nSPS) is 17.6. The summed E-state index contributed by atoms with van der Waals surface area (Å²) in [7, 11) is -0.559. The van der Waals surface area contributed by atoms with E-state index in [0.29, 0.717) is 10.9 Å². The molecule has 0 spiro atoms. The lowest BCUT2D eigenvalue weighted by atomic mass is 9.89. The molecule has 1 fully saturated rings. The number of rotatable bonds is 5. The molecule has 1 saturated carbocycles. The first-order chi connectivity index (χ1) is 9.43. The van der Waals surface area contributed by atoms with Crippen molar-refractivity contribution < 1.29 is 8.42 Å². The number of nitrogens with zero attached hydrogens (tertiary/aromatic N) is 2. The van der Waals surface area contributed by atoms with Crippen molar-refractivity contribution in [2.75, 3.05) is 31.7 Å². The minimum Gasteiger partial charge on any atom is -0.382 e. The zero-order chi connectivity index (χ0) is 14.8. The zero-order valence-electron chi connectivity index (χ0n) is 11.9. The highest BCUT2D eigenvalue weighted by Crippen LogP contribution is 2.34. The summed E-state index contributed by atoms with van der Waals surface area (Å²) in [4.78, 5) is 0.114. The van der Waals surface area contributed by atoms with Crippen molar-refractivity contribution in [1.29, 1.82) is 0 Å². The summed E-state index contributed by atoms with van der Waals surface area (Å²) in [6, 6.07) is 0. The van der Waals surface area contributed by atoms with Gasteiger partial charge in [-0.15, -0.1) is 0 Å². The molecule has 3 N–H and O–H groups in total. The van der Waals surface area contributed by atoms with Crippen LogP contribution in [0.25, 0.3) is 0 Å². The van der Waals surface area contributed by atoms with Crippen LogP contribution in [0.2, 0.25) is 0 Å². The highest BCUT2D eigenvalue weighted by Gasteiger charge is 2.28. The Balaban J connectivity index is 2.13. The first-order valence-corrected chi connectivity index (χ1v) is 9.06. The van der Waals surface area contributed by atoms with Gasteiger partial charge in [0.15, 0.2) is 10.7 Å². The fourth-order valence-corrected chi connectivity index (χ4v) is 4.55. The lowest BCUT2D eigenvalue weighted by Gasteiger charge is -2.22. The van der Waals surface area contributed by atoms with Crippen molar-refractivity contribution in [1.82, 2.24) is 8.68 Å². The summed E-state index contributed by atoms with van der Waals surface area (Å²) in [5, 5.41) is 3.79. The van der Waals surface area contributed by atoms with E-state index in [1.54, 1.807) is 0 Å². The second-order valence-corrected chi connectivity index (χ2v) is 8.26. The predicted octanol–water partition coefficient (Wildman–Crippen LogP) is 1.97. The molecule has 0 bridgehead atoms. The van der Waals surface area contributed by atoms with E-state index in [4.69, 9.17) is 5.73 Å². The average molecular weight is 318 g/mol. The van der Waals surface area contributed by atoms with E-state index in [2.05, 4.69) is 9.69 Å². The van der Waals surface area contributed by atoms with Crippen LogP contribution in [0.3, 0.4) is 0 Å². The Hall–Kier alpha value is -0.860. The number of nitrogens with two attached hydrogens (primary N) is 1. The van der Waals surface area contributed by atoms with Crippen LogP contribution in [0.4, 0.5) is 10.8 Å². The van der Waals surface area contributed by atoms with E-state index in [-0.39, 0.29) is 10.7 Å². The lowest BCUT2D eigenvalue weighted by Crippen LogP contribution is -2.24. The molecule has 1 aromatic heterocycles. The molecular formula is C12H22N4O2S2. The Labute approximate surface area is 124 Å². The molecule has 0 amide bonds. The molecule has 8 heteroatoms. The van der Waals surface area contributed by atoms with Gasteiger partial charge in [0.05, 0.1) is 0 Å². The van der Waals surface area contributed by atoms with Crippen LogP contribution >= 0.6 is 11.5 Å². The molecule has 6 nitrogen and oxygen atoms in total. The summed E-state index contributed by atoms with van der Waals surface area (Å²) >= 11 is 1.12. The molecule has 0 saturated heterocycles. The maximum atomic E-state index is 12.3. The number of nitrogens with one attached hydrogen (secondary N) is 1. The van der Waals surface area contributed by atoms with Crippen molar-refractivity contribution in [3.8, 4) is 0 Å². The van der Waals surface area contributed by atoms with Crippen LogP contribution in [0.1, 0.15) is 32.1 Å². The van der Waals surface area contributed by atoms with Gasteiger partial charge >= 0.3 is 0 Å². The number of anilines is 2. The van der Waals surface area contributed by atoms with Crippen LogP contribution in [-0.2, 0) is 10.0 Å². The van der Waals surface area contributed by atoms with Gasteiger partial charge in [-0.3, -0.25) is 0 Å². The molecule has 0 unspecified atom stereocenters. The largest absolute Gasteiger partial charge is 0.382 e. The van der Waals surface area contributed by atoms with Crippen molar-refractivity contribution in [3.63, 3.8) is 0 Å². The number of nitrogen functional groups attached to an aromatic ring is 1. The summed E-state index contributed by atoms with van der Waals surface area (Å²) < 4.78 is 29.7. The Morgan fingerprint density at radius 1 is 1.35 bits per heavy atom. The highest BCUT2D eigenvalue weighted by atomic mass is 32.2. The fourth-order valence-electron chi connectivity index (χ4n) is 2.47. The third-order valence-electron chi connectivity index (χ3n) is 3.69. The first kappa shape index (κ1) is 15.5. The number of sulfonamides is 1. The first-order valence-electron chi connectivity index (χ1n) is 6.84. The van der Waals surface area contributed by atoms with Crippen molar-refractivity contribution in [3.05, 3.63) is 0 Å². The quantitative estimate of drug-likeness (QED) is 0.866. The maximum absolute atomic E-state index is 12.3. The van der Waals surface area contributed by atoms with E-state index in [1.807, 2.05) is 0 Å². The van der Waals surface area contributed by atoms with Crippen LogP contribution in [-0.4, -0.2) is 37.7 Å². The Morgan fingerprint density at radius 3 is 2.60 bits per heavy atom. The summed E-state index contributed by atoms with van der Waals surface area (Å²) in [6.07, 6.45) is 6.25. The van der Waals surface area contributed by atoms with Gasteiger partial charge in [0.2, 0.25) is 10.0 Å². The van der Waals surface area contributed by atoms with Crippen LogP contribution in [0.5, 0.6) is 0 Å². The van der Waals surface area contributed by atoms with Crippen LogP contribution in [0, 0.1) is 5.92 Å². The van der Waals surface area contributed by atoms with Crippen LogP contribution < -0.4 is 11.1 Å². The summed E-state index contributed by atoms with van der Waals surface area (Å²) in [5.74, 6) is 0.692. The van der Waals surface area contributed by atoms with E-state index in [0.717, 1.165) is 18.1 Å². The third-order valence-corrected chi connectivity index (χ3v) is 6.53. The molecule has 0 radical (unpaired) electrons. The Morgan fingerprint density at radius 2 is 2.00 bits per heavy atom. The summed E-state index contributed by atoms with van der Waals surface area (Å²) in [5.41, 5.74) is 5.73. The van der Waals surface area contributed by atoms with Gasteiger partial charge in [-0.2, -0.15) is 4.37 Å². The molecule has 1 heterocycles. The molecule has 0 aliphatic heterocycles. The minimum atomic E-state index is -3.55. The molecule has 1 aliphatic carbocycles. The Bertz CT molecular complexity index is 548. The molecule has 0 atom stereocenters. The van der Waals surface area contributed by atoms with E-state index in [9.17, 15) is 8.42 Å².